The molecule has 3 aromatic rings. The Labute approximate surface area is 174 Å². The molecule has 4 nitrogen and oxygen atoms in total. The van der Waals surface area contributed by atoms with Crippen LogP contribution in [0.4, 0.5) is 0 Å². The van der Waals surface area contributed by atoms with Crippen molar-refractivity contribution in [2.75, 3.05) is 0 Å². The summed E-state index contributed by atoms with van der Waals surface area (Å²) in [6.07, 6.45) is 3.75. The van der Waals surface area contributed by atoms with Crippen LogP contribution in [0.3, 0.4) is 0 Å². The van der Waals surface area contributed by atoms with Gasteiger partial charge in [0.15, 0.2) is 0 Å². The van der Waals surface area contributed by atoms with Gasteiger partial charge in [-0.25, -0.2) is 0 Å². The van der Waals surface area contributed by atoms with Gasteiger partial charge >= 0.3 is 51.4 Å². The second kappa shape index (κ2) is 14.3. The fourth-order valence-corrected chi connectivity index (χ4v) is 1.54. The van der Waals surface area contributed by atoms with E-state index in [1.165, 1.54) is 11.1 Å². The van der Waals surface area contributed by atoms with Crippen LogP contribution in [0, 0.1) is 0 Å². The van der Waals surface area contributed by atoms with Crippen molar-refractivity contribution in [3.8, 4) is 11.1 Å². The third-order valence-electron chi connectivity index (χ3n) is 2.38. The van der Waals surface area contributed by atoms with Gasteiger partial charge in [0.25, 0.3) is 0 Å². The van der Waals surface area contributed by atoms with Crippen molar-refractivity contribution in [1.82, 2.24) is 4.98 Å². The predicted molar refractivity (Wildman–Crippen MR) is 84.0 cm³/mol. The van der Waals surface area contributed by atoms with Gasteiger partial charge in [0.2, 0.25) is 0 Å². The van der Waals surface area contributed by atoms with Crippen LogP contribution in [0.2, 0.25) is 0 Å². The molecule has 22 heavy (non-hydrogen) atoms. The molecule has 1 aromatic heterocycles. The van der Waals surface area contributed by atoms with Crippen LogP contribution in [-0.4, -0.2) is 14.8 Å². The zero-order valence-corrected chi connectivity index (χ0v) is 16.4. The standard InChI is InChI=1S/C12H10.C4H5N.K.H2O3P/c1-3-7-11(8-4-1)12-9-5-2-6-10-12;1-2-4-5-3-1;;1-4(2)3/h1-10H;1-5H;;1-2H/q;;+1;-1. The van der Waals surface area contributed by atoms with E-state index in [-0.39, 0.29) is 51.4 Å². The molecule has 6 heteroatoms. The van der Waals surface area contributed by atoms with Gasteiger partial charge in [-0.15, -0.1) is 0 Å². The molecule has 0 radical (unpaired) electrons. The van der Waals surface area contributed by atoms with E-state index >= 15 is 0 Å². The van der Waals surface area contributed by atoms with Crippen LogP contribution >= 0.6 is 8.60 Å². The zero-order valence-electron chi connectivity index (χ0n) is 12.3. The van der Waals surface area contributed by atoms with Crippen LogP contribution in [0.15, 0.2) is 85.2 Å². The summed E-state index contributed by atoms with van der Waals surface area (Å²) in [6, 6.07) is 24.7. The molecular weight excluding hydrogens is 324 g/mol. The van der Waals surface area contributed by atoms with E-state index in [0.29, 0.717) is 0 Å². The quantitative estimate of drug-likeness (QED) is 0.428. The Kier molecular flexibility index (Phi) is 14.1. The maximum atomic E-state index is 8.70. The van der Waals surface area contributed by atoms with Crippen molar-refractivity contribution in [3.63, 3.8) is 0 Å². The summed E-state index contributed by atoms with van der Waals surface area (Å²) in [5, 5.41) is 0. The number of nitrogens with one attached hydrogen (secondary N) is 1. The van der Waals surface area contributed by atoms with E-state index in [2.05, 4.69) is 53.5 Å². The van der Waals surface area contributed by atoms with E-state index in [9.17, 15) is 0 Å². The molecule has 0 amide bonds. The molecule has 0 saturated carbocycles. The first-order valence-corrected chi connectivity index (χ1v) is 7.40. The first-order chi connectivity index (χ1) is 10.2. The Morgan fingerprint density at radius 2 is 1.00 bits per heavy atom. The average molecular weight is 341 g/mol. The van der Waals surface area contributed by atoms with Crippen molar-refractivity contribution >= 4 is 8.60 Å². The van der Waals surface area contributed by atoms with Crippen LogP contribution in [0.25, 0.3) is 11.1 Å². The molecule has 0 aliphatic carbocycles. The summed E-state index contributed by atoms with van der Waals surface area (Å²) in [6.45, 7) is 0. The monoisotopic (exact) mass is 341 g/mol. The molecular formula is C16H17KNO3P. The van der Waals surface area contributed by atoms with Gasteiger partial charge in [0.05, 0.1) is 8.60 Å². The second-order valence-corrected chi connectivity index (χ2v) is 4.38. The minimum absolute atomic E-state index is 0. The molecule has 1 heterocycles. The molecule has 0 fully saturated rings. The van der Waals surface area contributed by atoms with E-state index in [4.69, 9.17) is 14.7 Å². The Morgan fingerprint density at radius 1 is 0.682 bits per heavy atom. The number of hydrogen-bond acceptors (Lipinski definition) is 3. The third-order valence-corrected chi connectivity index (χ3v) is 2.38. The van der Waals surface area contributed by atoms with Crippen molar-refractivity contribution in [2.45, 2.75) is 0 Å². The minimum Gasteiger partial charge on any atom is -0.786 e. The van der Waals surface area contributed by atoms with Crippen molar-refractivity contribution < 1.29 is 66.1 Å². The van der Waals surface area contributed by atoms with Gasteiger partial charge in [0, 0.05) is 12.4 Å². The first kappa shape index (κ1) is 21.7. The van der Waals surface area contributed by atoms with Crippen molar-refractivity contribution in [1.29, 1.82) is 0 Å². The number of rotatable bonds is 1. The molecule has 3 rings (SSSR count). The van der Waals surface area contributed by atoms with Gasteiger partial charge in [-0.05, 0) is 23.3 Å². The minimum atomic E-state index is -2.87. The predicted octanol–water partition coefficient (Wildman–Crippen LogP) is -0.0695. The largest absolute Gasteiger partial charge is 1.00 e. The molecule has 0 atom stereocenters. The summed E-state index contributed by atoms with van der Waals surface area (Å²) in [4.78, 5) is 25.8. The van der Waals surface area contributed by atoms with E-state index < -0.39 is 8.60 Å². The van der Waals surface area contributed by atoms with Crippen LogP contribution in [0.1, 0.15) is 0 Å². The van der Waals surface area contributed by atoms with E-state index in [1.807, 2.05) is 36.7 Å². The summed E-state index contributed by atoms with van der Waals surface area (Å²) in [5.74, 6) is 0. The molecule has 110 valence electrons. The van der Waals surface area contributed by atoms with Crippen LogP contribution in [-0.2, 0) is 0 Å². The van der Waals surface area contributed by atoms with Gasteiger partial charge in [-0.3, -0.25) is 0 Å². The van der Waals surface area contributed by atoms with Gasteiger partial charge < -0.3 is 19.7 Å². The van der Waals surface area contributed by atoms with Crippen LogP contribution < -0.4 is 56.3 Å². The number of aromatic amines is 1. The Hall–Kier alpha value is -0.334. The van der Waals surface area contributed by atoms with Gasteiger partial charge in [0.1, 0.15) is 0 Å². The topological polar surface area (TPSA) is 79.3 Å². The van der Waals surface area contributed by atoms with Gasteiger partial charge in [-0.1, -0.05) is 60.7 Å². The van der Waals surface area contributed by atoms with E-state index in [1.54, 1.807) is 0 Å². The molecule has 3 N–H and O–H groups in total. The normalized spacial score (nSPS) is 8.73. The Morgan fingerprint density at radius 3 is 1.23 bits per heavy atom. The summed E-state index contributed by atoms with van der Waals surface area (Å²) >= 11 is 0. The maximum Gasteiger partial charge on any atom is 1.00 e. The summed E-state index contributed by atoms with van der Waals surface area (Å²) < 4.78 is 0. The first-order valence-electron chi connectivity index (χ1n) is 6.23. The fourth-order valence-electron chi connectivity index (χ4n) is 1.54. The summed E-state index contributed by atoms with van der Waals surface area (Å²) in [5.41, 5.74) is 2.55. The molecule has 0 saturated heterocycles. The molecule has 0 aliphatic rings. The van der Waals surface area contributed by atoms with Crippen LogP contribution in [0.5, 0.6) is 0 Å². The maximum absolute atomic E-state index is 8.70. The van der Waals surface area contributed by atoms with Gasteiger partial charge in [-0.2, -0.15) is 0 Å². The molecule has 0 bridgehead atoms. The van der Waals surface area contributed by atoms with Crippen molar-refractivity contribution in [3.05, 3.63) is 85.2 Å². The Bertz CT molecular complexity index is 505. The SMILES string of the molecule is [K+].[O-]P(O)O.c1cc[nH]c1.c1ccc(-c2ccccc2)cc1. The molecule has 0 aliphatic heterocycles. The fraction of sp³-hybridized carbons (Fsp3) is 0. The second-order valence-electron chi connectivity index (χ2n) is 3.87. The summed E-state index contributed by atoms with van der Waals surface area (Å²) in [7, 11) is -2.87. The zero-order chi connectivity index (χ0) is 15.3. The van der Waals surface area contributed by atoms with Crippen molar-refractivity contribution in [2.24, 2.45) is 0 Å². The number of aromatic nitrogens is 1. The number of hydrogen-bond donors (Lipinski definition) is 3. The molecule has 0 unspecified atom stereocenters. The Balaban J connectivity index is 0.000000370. The smallest absolute Gasteiger partial charge is 0.786 e. The molecule has 2 aromatic carbocycles. The number of benzene rings is 2. The van der Waals surface area contributed by atoms with E-state index in [0.717, 1.165) is 0 Å². The average Bonchev–Trinajstić information content (AvgIpc) is 3.08. The molecule has 0 spiro atoms. The number of H-pyrrole nitrogens is 1. The third kappa shape index (κ3) is 11.3.